The highest BCUT2D eigenvalue weighted by molar-refractivity contribution is 5.98. The average molecular weight is 255 g/mol. The monoisotopic (exact) mass is 255 g/mol. The zero-order valence-electron chi connectivity index (χ0n) is 11.0. The number of carbonyl (C=O) groups excluding carboxylic acids is 1. The highest BCUT2D eigenvalue weighted by Crippen LogP contribution is 2.14. The summed E-state index contributed by atoms with van der Waals surface area (Å²) in [7, 11) is 0. The van der Waals surface area contributed by atoms with Crippen molar-refractivity contribution in [3.05, 3.63) is 35.4 Å². The molecule has 0 heterocycles. The topological polar surface area (TPSA) is 20.3 Å². The maximum absolute atomic E-state index is 13.5. The molecule has 0 bridgehead atoms. The van der Waals surface area contributed by atoms with Gasteiger partial charge in [-0.15, -0.1) is 0 Å². The van der Waals surface area contributed by atoms with E-state index in [2.05, 4.69) is 0 Å². The SMILES string of the molecule is CCCN(CC(=O)c1c(F)cccc1F)C(C)C. The van der Waals surface area contributed by atoms with E-state index in [4.69, 9.17) is 0 Å². The zero-order chi connectivity index (χ0) is 13.7. The van der Waals surface area contributed by atoms with Crippen LogP contribution in [0.1, 0.15) is 37.6 Å². The van der Waals surface area contributed by atoms with Gasteiger partial charge in [-0.05, 0) is 38.9 Å². The molecule has 0 saturated heterocycles. The fourth-order valence-electron chi connectivity index (χ4n) is 1.83. The molecule has 1 aromatic carbocycles. The number of Topliss-reactive ketones (excluding diaryl/α,β-unsaturated/α-hetero) is 1. The molecule has 4 heteroatoms. The van der Waals surface area contributed by atoms with Gasteiger partial charge in [0.05, 0.1) is 12.1 Å². The van der Waals surface area contributed by atoms with Crippen LogP contribution in [0.15, 0.2) is 18.2 Å². The lowest BCUT2D eigenvalue weighted by Crippen LogP contribution is -2.36. The molecule has 100 valence electrons. The predicted octanol–water partition coefficient (Wildman–Crippen LogP) is 3.27. The first kappa shape index (κ1) is 14.8. The summed E-state index contributed by atoms with van der Waals surface area (Å²) in [4.78, 5) is 13.9. The Balaban J connectivity index is 2.87. The largest absolute Gasteiger partial charge is 0.293 e. The first-order chi connectivity index (χ1) is 8.47. The Morgan fingerprint density at radius 2 is 1.83 bits per heavy atom. The van der Waals surface area contributed by atoms with E-state index in [0.717, 1.165) is 25.1 Å². The number of carbonyl (C=O) groups is 1. The molecular weight excluding hydrogens is 236 g/mol. The highest BCUT2D eigenvalue weighted by atomic mass is 19.1. The van der Waals surface area contributed by atoms with Crippen molar-refractivity contribution in [3.8, 4) is 0 Å². The lowest BCUT2D eigenvalue weighted by Gasteiger charge is -2.25. The summed E-state index contributed by atoms with van der Waals surface area (Å²) in [6.07, 6.45) is 0.894. The molecule has 1 rings (SSSR count). The van der Waals surface area contributed by atoms with Crippen LogP contribution in [0.25, 0.3) is 0 Å². The number of ketones is 1. The van der Waals surface area contributed by atoms with Crippen molar-refractivity contribution >= 4 is 5.78 Å². The van der Waals surface area contributed by atoms with E-state index in [1.165, 1.54) is 6.07 Å². The zero-order valence-corrected chi connectivity index (χ0v) is 11.0. The molecule has 0 saturated carbocycles. The molecule has 0 amide bonds. The minimum Gasteiger partial charge on any atom is -0.293 e. The van der Waals surface area contributed by atoms with Gasteiger partial charge in [0.1, 0.15) is 11.6 Å². The Bertz CT molecular complexity index is 398. The van der Waals surface area contributed by atoms with Crippen LogP contribution >= 0.6 is 0 Å². The van der Waals surface area contributed by atoms with Crippen LogP contribution in [0, 0.1) is 11.6 Å². The van der Waals surface area contributed by atoms with Gasteiger partial charge in [0.15, 0.2) is 5.78 Å². The van der Waals surface area contributed by atoms with Gasteiger partial charge in [0.2, 0.25) is 0 Å². The molecule has 0 unspecified atom stereocenters. The van der Waals surface area contributed by atoms with E-state index in [1.807, 2.05) is 25.7 Å². The number of benzene rings is 1. The minimum absolute atomic E-state index is 0.0450. The van der Waals surface area contributed by atoms with Gasteiger partial charge in [0, 0.05) is 6.04 Å². The van der Waals surface area contributed by atoms with Gasteiger partial charge in [-0.1, -0.05) is 13.0 Å². The van der Waals surface area contributed by atoms with Gasteiger partial charge < -0.3 is 0 Å². The Kier molecular flexibility index (Phi) is 5.41. The van der Waals surface area contributed by atoms with Crippen molar-refractivity contribution in [2.75, 3.05) is 13.1 Å². The quantitative estimate of drug-likeness (QED) is 0.727. The normalized spacial score (nSPS) is 11.3. The molecule has 18 heavy (non-hydrogen) atoms. The highest BCUT2D eigenvalue weighted by Gasteiger charge is 2.20. The lowest BCUT2D eigenvalue weighted by atomic mass is 10.1. The van der Waals surface area contributed by atoms with E-state index in [9.17, 15) is 13.6 Å². The summed E-state index contributed by atoms with van der Waals surface area (Å²) in [5, 5.41) is 0. The second kappa shape index (κ2) is 6.59. The van der Waals surface area contributed by atoms with Gasteiger partial charge >= 0.3 is 0 Å². The molecule has 0 aromatic heterocycles. The minimum atomic E-state index is -0.791. The fourth-order valence-corrected chi connectivity index (χ4v) is 1.83. The molecule has 0 spiro atoms. The molecule has 0 radical (unpaired) electrons. The van der Waals surface area contributed by atoms with Crippen LogP contribution in [-0.4, -0.2) is 29.8 Å². The summed E-state index contributed by atoms with van der Waals surface area (Å²) in [6, 6.07) is 3.64. The van der Waals surface area contributed by atoms with Crippen molar-refractivity contribution in [3.63, 3.8) is 0 Å². The van der Waals surface area contributed by atoms with E-state index in [1.54, 1.807) is 0 Å². The van der Waals surface area contributed by atoms with E-state index in [0.29, 0.717) is 0 Å². The second-order valence-electron chi connectivity index (χ2n) is 4.58. The molecule has 0 aliphatic rings. The van der Waals surface area contributed by atoms with Gasteiger partial charge in [0.25, 0.3) is 0 Å². The third-order valence-electron chi connectivity index (χ3n) is 2.83. The molecule has 2 nitrogen and oxygen atoms in total. The van der Waals surface area contributed by atoms with Crippen molar-refractivity contribution in [1.82, 2.24) is 4.90 Å². The molecule has 1 aromatic rings. The van der Waals surface area contributed by atoms with Crippen LogP contribution in [0.2, 0.25) is 0 Å². The van der Waals surface area contributed by atoms with Crippen LogP contribution in [-0.2, 0) is 0 Å². The van der Waals surface area contributed by atoms with Crippen molar-refractivity contribution in [2.24, 2.45) is 0 Å². The van der Waals surface area contributed by atoms with E-state index in [-0.39, 0.29) is 12.6 Å². The number of rotatable bonds is 6. The fraction of sp³-hybridized carbons (Fsp3) is 0.500. The third kappa shape index (κ3) is 3.60. The molecule has 0 atom stereocenters. The summed E-state index contributed by atoms with van der Waals surface area (Å²) < 4.78 is 26.9. The summed E-state index contributed by atoms with van der Waals surface area (Å²) in [5.74, 6) is -2.09. The number of hydrogen-bond acceptors (Lipinski definition) is 2. The van der Waals surface area contributed by atoms with Crippen molar-refractivity contribution in [1.29, 1.82) is 0 Å². The maximum Gasteiger partial charge on any atom is 0.182 e. The number of hydrogen-bond donors (Lipinski definition) is 0. The molecule has 0 aliphatic carbocycles. The summed E-state index contributed by atoms with van der Waals surface area (Å²) in [6.45, 7) is 6.70. The van der Waals surface area contributed by atoms with Gasteiger partial charge in [-0.25, -0.2) is 8.78 Å². The van der Waals surface area contributed by atoms with E-state index >= 15 is 0 Å². The van der Waals surface area contributed by atoms with Crippen LogP contribution in [0.3, 0.4) is 0 Å². The predicted molar refractivity (Wildman–Crippen MR) is 67.7 cm³/mol. The standard InChI is InChI=1S/C14H19F2NO/c1-4-8-17(10(2)3)9-13(18)14-11(15)6-5-7-12(14)16/h5-7,10H,4,8-9H2,1-3H3. The van der Waals surface area contributed by atoms with Crippen LogP contribution in [0.4, 0.5) is 8.78 Å². The van der Waals surface area contributed by atoms with Gasteiger partial charge in [-0.3, -0.25) is 9.69 Å². The molecule has 0 aliphatic heterocycles. The Hall–Kier alpha value is -1.29. The Labute approximate surface area is 107 Å². The smallest absolute Gasteiger partial charge is 0.182 e. The second-order valence-corrected chi connectivity index (χ2v) is 4.58. The third-order valence-corrected chi connectivity index (χ3v) is 2.83. The number of halogens is 2. The average Bonchev–Trinajstić information content (AvgIpc) is 2.28. The Morgan fingerprint density at radius 3 is 2.28 bits per heavy atom. The molecular formula is C14H19F2NO. The first-order valence-electron chi connectivity index (χ1n) is 6.18. The molecule has 0 fully saturated rings. The van der Waals surface area contributed by atoms with E-state index < -0.39 is 23.0 Å². The molecule has 0 N–H and O–H groups in total. The van der Waals surface area contributed by atoms with Crippen LogP contribution in [0.5, 0.6) is 0 Å². The van der Waals surface area contributed by atoms with Gasteiger partial charge in [-0.2, -0.15) is 0 Å². The van der Waals surface area contributed by atoms with Crippen molar-refractivity contribution < 1.29 is 13.6 Å². The number of nitrogens with zero attached hydrogens (tertiary/aromatic N) is 1. The Morgan fingerprint density at radius 1 is 1.28 bits per heavy atom. The van der Waals surface area contributed by atoms with Crippen molar-refractivity contribution in [2.45, 2.75) is 33.2 Å². The lowest BCUT2D eigenvalue weighted by molar-refractivity contribution is 0.0897. The van der Waals surface area contributed by atoms with Crippen LogP contribution < -0.4 is 0 Å². The summed E-state index contributed by atoms with van der Waals surface area (Å²) >= 11 is 0. The first-order valence-corrected chi connectivity index (χ1v) is 6.18. The maximum atomic E-state index is 13.5. The summed E-state index contributed by atoms with van der Waals surface area (Å²) in [5.41, 5.74) is -0.431.